The number of hydrogen-bond donors (Lipinski definition) is 1. The molecule has 0 heterocycles. The van der Waals surface area contributed by atoms with Gasteiger partial charge in [-0.25, -0.2) is 4.39 Å². The SMILES string of the molecule is CCc1ccc(CC(O)c2ccc(Br)cc2F)cc1. The van der Waals surface area contributed by atoms with Crippen LogP contribution in [0.15, 0.2) is 46.9 Å². The van der Waals surface area contributed by atoms with Crippen molar-refractivity contribution in [2.24, 2.45) is 0 Å². The summed E-state index contributed by atoms with van der Waals surface area (Å²) < 4.78 is 14.4. The monoisotopic (exact) mass is 322 g/mol. The second-order valence-corrected chi connectivity index (χ2v) is 5.47. The van der Waals surface area contributed by atoms with E-state index in [1.54, 1.807) is 12.1 Å². The number of aryl methyl sites for hydroxylation is 1. The number of aliphatic hydroxyl groups is 1. The van der Waals surface area contributed by atoms with Crippen molar-refractivity contribution in [3.05, 3.63) is 69.4 Å². The third-order valence-electron chi connectivity index (χ3n) is 3.18. The van der Waals surface area contributed by atoms with Crippen LogP contribution < -0.4 is 0 Å². The molecule has 0 aliphatic carbocycles. The minimum Gasteiger partial charge on any atom is -0.388 e. The van der Waals surface area contributed by atoms with Gasteiger partial charge in [0.1, 0.15) is 5.82 Å². The predicted molar refractivity (Wildman–Crippen MR) is 78.6 cm³/mol. The van der Waals surface area contributed by atoms with Crippen LogP contribution in [-0.4, -0.2) is 5.11 Å². The van der Waals surface area contributed by atoms with Gasteiger partial charge in [0.25, 0.3) is 0 Å². The molecule has 19 heavy (non-hydrogen) atoms. The first-order chi connectivity index (χ1) is 9.10. The lowest BCUT2D eigenvalue weighted by molar-refractivity contribution is 0.173. The normalized spacial score (nSPS) is 12.4. The Morgan fingerprint density at radius 1 is 1.11 bits per heavy atom. The van der Waals surface area contributed by atoms with Gasteiger partial charge in [0.05, 0.1) is 6.10 Å². The van der Waals surface area contributed by atoms with Crippen LogP contribution in [0.2, 0.25) is 0 Å². The summed E-state index contributed by atoms with van der Waals surface area (Å²) in [5.74, 6) is -0.382. The van der Waals surface area contributed by atoms with E-state index in [9.17, 15) is 9.50 Å². The van der Waals surface area contributed by atoms with Crippen molar-refractivity contribution in [3.63, 3.8) is 0 Å². The lowest BCUT2D eigenvalue weighted by Gasteiger charge is -2.12. The Kier molecular flexibility index (Phi) is 4.72. The number of aliphatic hydroxyl groups excluding tert-OH is 1. The molecule has 2 rings (SSSR count). The second-order valence-electron chi connectivity index (χ2n) is 4.56. The van der Waals surface area contributed by atoms with Crippen LogP contribution in [0.1, 0.15) is 29.7 Å². The van der Waals surface area contributed by atoms with Gasteiger partial charge in [-0.15, -0.1) is 0 Å². The molecule has 0 saturated heterocycles. The molecule has 0 fully saturated rings. The van der Waals surface area contributed by atoms with E-state index in [4.69, 9.17) is 0 Å². The van der Waals surface area contributed by atoms with Gasteiger partial charge in [0.2, 0.25) is 0 Å². The first-order valence-electron chi connectivity index (χ1n) is 6.31. The van der Waals surface area contributed by atoms with Crippen LogP contribution in [0.25, 0.3) is 0 Å². The molecule has 100 valence electrons. The fraction of sp³-hybridized carbons (Fsp3) is 0.250. The fourth-order valence-corrected chi connectivity index (χ4v) is 2.35. The fourth-order valence-electron chi connectivity index (χ4n) is 2.02. The number of rotatable bonds is 4. The largest absolute Gasteiger partial charge is 0.388 e. The highest BCUT2D eigenvalue weighted by Gasteiger charge is 2.13. The maximum absolute atomic E-state index is 13.7. The molecule has 2 aromatic carbocycles. The Balaban J connectivity index is 2.13. The van der Waals surface area contributed by atoms with Crippen molar-refractivity contribution in [1.82, 2.24) is 0 Å². The van der Waals surface area contributed by atoms with Crippen molar-refractivity contribution in [2.75, 3.05) is 0 Å². The highest BCUT2D eigenvalue weighted by Crippen LogP contribution is 2.24. The molecule has 0 aliphatic heterocycles. The molecule has 2 aromatic rings. The van der Waals surface area contributed by atoms with Crippen molar-refractivity contribution in [3.8, 4) is 0 Å². The molecule has 1 atom stereocenters. The van der Waals surface area contributed by atoms with Gasteiger partial charge in [0.15, 0.2) is 0 Å². The zero-order valence-electron chi connectivity index (χ0n) is 10.7. The van der Waals surface area contributed by atoms with Gasteiger partial charge in [0, 0.05) is 16.5 Å². The van der Waals surface area contributed by atoms with Gasteiger partial charge in [-0.2, -0.15) is 0 Å². The van der Waals surface area contributed by atoms with Crippen LogP contribution in [0, 0.1) is 5.82 Å². The Hall–Kier alpha value is -1.19. The number of hydrogen-bond acceptors (Lipinski definition) is 1. The third-order valence-corrected chi connectivity index (χ3v) is 3.68. The smallest absolute Gasteiger partial charge is 0.130 e. The van der Waals surface area contributed by atoms with Crippen LogP contribution in [0.3, 0.4) is 0 Å². The van der Waals surface area contributed by atoms with Gasteiger partial charge in [-0.05, 0) is 29.7 Å². The quantitative estimate of drug-likeness (QED) is 0.883. The highest BCUT2D eigenvalue weighted by molar-refractivity contribution is 9.10. The highest BCUT2D eigenvalue weighted by atomic mass is 79.9. The molecular weight excluding hydrogens is 307 g/mol. The molecule has 0 saturated carbocycles. The Morgan fingerprint density at radius 2 is 1.74 bits per heavy atom. The van der Waals surface area contributed by atoms with Crippen LogP contribution in [0.4, 0.5) is 4.39 Å². The van der Waals surface area contributed by atoms with E-state index < -0.39 is 6.10 Å². The zero-order valence-corrected chi connectivity index (χ0v) is 12.3. The molecule has 1 N–H and O–H groups in total. The van der Waals surface area contributed by atoms with E-state index in [1.807, 2.05) is 24.3 Å². The van der Waals surface area contributed by atoms with Gasteiger partial charge in [-0.1, -0.05) is 53.2 Å². The first kappa shape index (κ1) is 14.2. The molecule has 1 unspecified atom stereocenters. The Morgan fingerprint density at radius 3 is 2.32 bits per heavy atom. The zero-order chi connectivity index (χ0) is 13.8. The summed E-state index contributed by atoms with van der Waals surface area (Å²) in [5.41, 5.74) is 2.60. The van der Waals surface area contributed by atoms with Crippen LogP contribution >= 0.6 is 15.9 Å². The molecule has 0 amide bonds. The lowest BCUT2D eigenvalue weighted by Crippen LogP contribution is -2.04. The molecule has 0 aromatic heterocycles. The molecule has 0 spiro atoms. The standard InChI is InChI=1S/C16H16BrFO/c1-2-11-3-5-12(6-4-11)9-16(19)14-8-7-13(17)10-15(14)18/h3-8,10,16,19H,2,9H2,1H3. The topological polar surface area (TPSA) is 20.2 Å². The lowest BCUT2D eigenvalue weighted by atomic mass is 10.00. The summed E-state index contributed by atoms with van der Waals surface area (Å²) in [4.78, 5) is 0. The Bertz CT molecular complexity index is 551. The van der Waals surface area contributed by atoms with Crippen LogP contribution in [0.5, 0.6) is 0 Å². The summed E-state index contributed by atoms with van der Waals surface area (Å²) in [7, 11) is 0. The van der Waals surface area contributed by atoms with Crippen molar-refractivity contribution in [1.29, 1.82) is 0 Å². The van der Waals surface area contributed by atoms with Gasteiger partial charge in [-0.3, -0.25) is 0 Å². The summed E-state index contributed by atoms with van der Waals surface area (Å²) in [6, 6.07) is 12.8. The molecule has 0 bridgehead atoms. The number of halogens is 2. The van der Waals surface area contributed by atoms with Crippen molar-refractivity contribution >= 4 is 15.9 Å². The van der Waals surface area contributed by atoms with Crippen LogP contribution in [-0.2, 0) is 12.8 Å². The Labute approximate surface area is 121 Å². The summed E-state index contributed by atoms with van der Waals surface area (Å²) in [6.07, 6.45) is 0.591. The van der Waals surface area contributed by atoms with E-state index in [0.29, 0.717) is 16.5 Å². The summed E-state index contributed by atoms with van der Waals surface area (Å²) >= 11 is 3.21. The first-order valence-corrected chi connectivity index (χ1v) is 7.10. The van der Waals surface area contributed by atoms with E-state index in [1.165, 1.54) is 11.6 Å². The van der Waals surface area contributed by atoms with E-state index in [2.05, 4.69) is 22.9 Å². The van der Waals surface area contributed by atoms with Crippen molar-refractivity contribution < 1.29 is 9.50 Å². The molecular formula is C16H16BrFO. The maximum Gasteiger partial charge on any atom is 0.130 e. The average molecular weight is 323 g/mol. The van der Waals surface area contributed by atoms with Crippen molar-refractivity contribution in [2.45, 2.75) is 25.9 Å². The van der Waals surface area contributed by atoms with Gasteiger partial charge >= 0.3 is 0 Å². The van der Waals surface area contributed by atoms with E-state index in [0.717, 1.165) is 12.0 Å². The molecule has 0 radical (unpaired) electrons. The maximum atomic E-state index is 13.7. The van der Waals surface area contributed by atoms with Gasteiger partial charge < -0.3 is 5.11 Å². The van der Waals surface area contributed by atoms with E-state index >= 15 is 0 Å². The average Bonchev–Trinajstić information content (AvgIpc) is 2.39. The third kappa shape index (κ3) is 3.64. The molecule has 1 nitrogen and oxygen atoms in total. The van der Waals surface area contributed by atoms with E-state index in [-0.39, 0.29) is 5.82 Å². The molecule has 3 heteroatoms. The minimum absolute atomic E-state index is 0.336. The summed E-state index contributed by atoms with van der Waals surface area (Å²) in [5, 5.41) is 10.1. The summed E-state index contributed by atoms with van der Waals surface area (Å²) in [6.45, 7) is 2.10. The number of benzene rings is 2. The molecule has 0 aliphatic rings. The minimum atomic E-state index is -0.819. The predicted octanol–water partition coefficient (Wildman–Crippen LogP) is 4.43. The second kappa shape index (κ2) is 6.31.